The second-order valence-corrected chi connectivity index (χ2v) is 8.18. The van der Waals surface area contributed by atoms with Crippen LogP contribution in [0, 0.1) is 0 Å². The lowest BCUT2D eigenvalue weighted by atomic mass is 10.0. The maximum atomic E-state index is 12.5. The molecule has 3 aromatic rings. The fourth-order valence-corrected chi connectivity index (χ4v) is 3.58. The van der Waals surface area contributed by atoms with Gasteiger partial charge in [-0.1, -0.05) is 75.8 Å². The van der Waals surface area contributed by atoms with E-state index in [1.807, 2.05) is 30.3 Å². The number of esters is 2. The Bertz CT molecular complexity index is 992. The van der Waals surface area contributed by atoms with Gasteiger partial charge in [-0.2, -0.15) is 0 Å². The Morgan fingerprint density at radius 1 is 0.576 bits per heavy atom. The van der Waals surface area contributed by atoms with Crippen LogP contribution in [0.15, 0.2) is 78.9 Å². The summed E-state index contributed by atoms with van der Waals surface area (Å²) in [6.07, 6.45) is 10.1. The Morgan fingerprint density at radius 2 is 1.06 bits per heavy atom. The van der Waals surface area contributed by atoms with Gasteiger partial charge in [-0.3, -0.25) is 0 Å². The molecule has 0 spiro atoms. The van der Waals surface area contributed by atoms with E-state index in [0.717, 1.165) is 6.42 Å². The van der Waals surface area contributed by atoms with Crippen molar-refractivity contribution in [2.24, 2.45) is 0 Å². The van der Waals surface area contributed by atoms with Crippen molar-refractivity contribution in [3.63, 3.8) is 0 Å². The predicted octanol–water partition coefficient (Wildman–Crippen LogP) is 7.42. The minimum atomic E-state index is -0.433. The number of hydrogen-bond acceptors (Lipinski definition) is 4. The molecule has 0 saturated carbocycles. The summed E-state index contributed by atoms with van der Waals surface area (Å²) in [6, 6.07) is 22.8. The van der Waals surface area contributed by atoms with E-state index in [9.17, 15) is 9.59 Å². The van der Waals surface area contributed by atoms with Gasteiger partial charge in [0, 0.05) is 0 Å². The summed E-state index contributed by atoms with van der Waals surface area (Å²) in [4.78, 5) is 24.6. The molecule has 0 bridgehead atoms. The van der Waals surface area contributed by atoms with E-state index in [1.54, 1.807) is 48.5 Å². The highest BCUT2D eigenvalue weighted by Crippen LogP contribution is 2.20. The Kier molecular flexibility index (Phi) is 9.71. The number of aryl methyl sites for hydroxylation is 1. The molecule has 4 nitrogen and oxygen atoms in total. The van der Waals surface area contributed by atoms with Crippen LogP contribution in [0.1, 0.15) is 78.1 Å². The molecule has 0 aliphatic rings. The molecular formula is C29H32O4. The first-order valence-electron chi connectivity index (χ1n) is 11.8. The molecular weight excluding hydrogens is 412 g/mol. The Morgan fingerprint density at radius 3 is 1.61 bits per heavy atom. The fraction of sp³-hybridized carbons (Fsp3) is 0.310. The first kappa shape index (κ1) is 24.2. The molecule has 3 rings (SSSR count). The third kappa shape index (κ3) is 8.23. The third-order valence-electron chi connectivity index (χ3n) is 5.51. The topological polar surface area (TPSA) is 52.6 Å². The molecule has 0 saturated heterocycles. The van der Waals surface area contributed by atoms with E-state index in [2.05, 4.69) is 6.92 Å². The highest BCUT2D eigenvalue weighted by molar-refractivity contribution is 5.91. The van der Waals surface area contributed by atoms with Gasteiger partial charge in [0.2, 0.25) is 0 Å². The normalized spacial score (nSPS) is 10.6. The highest BCUT2D eigenvalue weighted by Gasteiger charge is 2.11. The molecule has 172 valence electrons. The molecule has 0 atom stereocenters. The van der Waals surface area contributed by atoms with Gasteiger partial charge in [0.15, 0.2) is 0 Å². The molecule has 0 aliphatic heterocycles. The maximum absolute atomic E-state index is 12.5. The quantitative estimate of drug-likeness (QED) is 0.166. The number of carbonyl (C=O) groups is 2. The lowest BCUT2D eigenvalue weighted by Gasteiger charge is -2.08. The minimum Gasteiger partial charge on any atom is -0.423 e. The molecule has 33 heavy (non-hydrogen) atoms. The van der Waals surface area contributed by atoms with Crippen molar-refractivity contribution < 1.29 is 19.1 Å². The number of ether oxygens (including phenoxy) is 2. The number of rotatable bonds is 12. The summed E-state index contributed by atoms with van der Waals surface area (Å²) in [7, 11) is 0. The predicted molar refractivity (Wildman–Crippen MR) is 131 cm³/mol. The lowest BCUT2D eigenvalue weighted by molar-refractivity contribution is 0.0719. The first-order valence-corrected chi connectivity index (χ1v) is 11.8. The van der Waals surface area contributed by atoms with Gasteiger partial charge in [-0.05, 0) is 66.9 Å². The molecule has 0 unspecified atom stereocenters. The fourth-order valence-electron chi connectivity index (χ4n) is 3.58. The van der Waals surface area contributed by atoms with Crippen LogP contribution in [-0.2, 0) is 6.42 Å². The SMILES string of the molecule is CCCCCCCCCc1ccc(C(=O)Oc2ccc(OC(=O)c3ccccc3)cc2)cc1. The summed E-state index contributed by atoms with van der Waals surface area (Å²) >= 11 is 0. The van der Waals surface area contributed by atoms with Crippen molar-refractivity contribution in [2.75, 3.05) is 0 Å². The molecule has 0 fully saturated rings. The second kappa shape index (κ2) is 13.2. The summed E-state index contributed by atoms with van der Waals surface area (Å²) in [5, 5.41) is 0. The van der Waals surface area contributed by atoms with Gasteiger partial charge in [0.1, 0.15) is 11.5 Å². The zero-order valence-corrected chi connectivity index (χ0v) is 19.3. The molecule has 0 amide bonds. The van der Waals surface area contributed by atoms with Crippen LogP contribution in [0.3, 0.4) is 0 Å². The summed E-state index contributed by atoms with van der Waals surface area (Å²) < 4.78 is 10.8. The molecule has 0 aliphatic carbocycles. The van der Waals surface area contributed by atoms with Crippen LogP contribution in [0.2, 0.25) is 0 Å². The van der Waals surface area contributed by atoms with Crippen molar-refractivity contribution in [2.45, 2.75) is 58.3 Å². The zero-order chi connectivity index (χ0) is 23.3. The van der Waals surface area contributed by atoms with E-state index in [-0.39, 0.29) is 0 Å². The first-order chi connectivity index (χ1) is 16.2. The average Bonchev–Trinajstić information content (AvgIpc) is 2.85. The van der Waals surface area contributed by atoms with Crippen LogP contribution >= 0.6 is 0 Å². The highest BCUT2D eigenvalue weighted by atomic mass is 16.5. The van der Waals surface area contributed by atoms with Crippen LogP contribution < -0.4 is 9.47 Å². The molecule has 4 heteroatoms. The summed E-state index contributed by atoms with van der Waals surface area (Å²) in [5.41, 5.74) is 2.23. The monoisotopic (exact) mass is 444 g/mol. The third-order valence-corrected chi connectivity index (χ3v) is 5.51. The largest absolute Gasteiger partial charge is 0.423 e. The molecule has 0 heterocycles. The molecule has 0 radical (unpaired) electrons. The molecule has 3 aromatic carbocycles. The van der Waals surface area contributed by atoms with Crippen molar-refractivity contribution in [1.29, 1.82) is 0 Å². The Hall–Kier alpha value is -3.40. The number of unbranched alkanes of at least 4 members (excludes halogenated alkanes) is 6. The van der Waals surface area contributed by atoms with E-state index in [1.165, 1.54) is 50.5 Å². The standard InChI is InChI=1S/C29H32O4/c1-2-3-4-5-6-7-9-12-23-15-17-25(18-16-23)29(31)33-27-21-19-26(20-22-27)32-28(30)24-13-10-8-11-14-24/h8,10-11,13-22H,2-7,9,12H2,1H3. The maximum Gasteiger partial charge on any atom is 0.343 e. The van der Waals surface area contributed by atoms with Gasteiger partial charge < -0.3 is 9.47 Å². The van der Waals surface area contributed by atoms with Crippen LogP contribution in [0.4, 0.5) is 0 Å². The Balaban J connectivity index is 1.43. The van der Waals surface area contributed by atoms with E-state index in [4.69, 9.17) is 9.47 Å². The van der Waals surface area contributed by atoms with Crippen molar-refractivity contribution in [3.8, 4) is 11.5 Å². The van der Waals surface area contributed by atoms with Gasteiger partial charge in [0.25, 0.3) is 0 Å². The zero-order valence-electron chi connectivity index (χ0n) is 19.3. The number of hydrogen-bond donors (Lipinski definition) is 0. The van der Waals surface area contributed by atoms with Crippen molar-refractivity contribution in [3.05, 3.63) is 95.6 Å². The Labute approximate surface area is 196 Å². The second-order valence-electron chi connectivity index (χ2n) is 8.18. The van der Waals surface area contributed by atoms with Crippen LogP contribution in [-0.4, -0.2) is 11.9 Å². The smallest absolute Gasteiger partial charge is 0.343 e. The van der Waals surface area contributed by atoms with Crippen LogP contribution in [0.25, 0.3) is 0 Å². The summed E-state index contributed by atoms with van der Waals surface area (Å²) in [6.45, 7) is 2.24. The molecule has 0 N–H and O–H groups in total. The van der Waals surface area contributed by atoms with Gasteiger partial charge >= 0.3 is 11.9 Å². The number of benzene rings is 3. The van der Waals surface area contributed by atoms with Gasteiger partial charge in [0.05, 0.1) is 11.1 Å². The van der Waals surface area contributed by atoms with E-state index in [0.29, 0.717) is 22.6 Å². The molecule has 0 aromatic heterocycles. The van der Waals surface area contributed by atoms with E-state index < -0.39 is 11.9 Å². The van der Waals surface area contributed by atoms with Crippen molar-refractivity contribution in [1.82, 2.24) is 0 Å². The van der Waals surface area contributed by atoms with E-state index >= 15 is 0 Å². The minimum absolute atomic E-state index is 0.387. The lowest BCUT2D eigenvalue weighted by Crippen LogP contribution is -2.09. The average molecular weight is 445 g/mol. The van der Waals surface area contributed by atoms with Gasteiger partial charge in [-0.25, -0.2) is 9.59 Å². The number of carbonyl (C=O) groups excluding carboxylic acids is 2. The van der Waals surface area contributed by atoms with Gasteiger partial charge in [-0.15, -0.1) is 0 Å². The van der Waals surface area contributed by atoms with Crippen molar-refractivity contribution >= 4 is 11.9 Å². The summed E-state index contributed by atoms with van der Waals surface area (Å²) in [5.74, 6) is -0.0616. The van der Waals surface area contributed by atoms with Crippen LogP contribution in [0.5, 0.6) is 11.5 Å².